The third-order valence-corrected chi connectivity index (χ3v) is 4.76. The number of nitrogens with one attached hydrogen (secondary N) is 1. The highest BCUT2D eigenvalue weighted by molar-refractivity contribution is 5.94. The Morgan fingerprint density at radius 3 is 2.62 bits per heavy atom. The molecular formula is C22H21N3O. The molecule has 1 aliphatic heterocycles. The number of amides is 1. The fourth-order valence-corrected chi connectivity index (χ4v) is 3.30. The van der Waals surface area contributed by atoms with Crippen molar-refractivity contribution in [3.05, 3.63) is 95.2 Å². The van der Waals surface area contributed by atoms with Gasteiger partial charge in [-0.3, -0.25) is 4.79 Å². The van der Waals surface area contributed by atoms with Gasteiger partial charge in [-0.25, -0.2) is 4.98 Å². The SMILES string of the molecule is O=C(NCc1ccccc1)c1ccnc(N2CCc3ccccc3C2)c1. The second-order valence-electron chi connectivity index (χ2n) is 6.51. The van der Waals surface area contributed by atoms with Crippen LogP contribution in [-0.2, 0) is 19.5 Å². The van der Waals surface area contributed by atoms with Crippen LogP contribution in [0.1, 0.15) is 27.0 Å². The van der Waals surface area contributed by atoms with Crippen LogP contribution in [0.5, 0.6) is 0 Å². The lowest BCUT2D eigenvalue weighted by Crippen LogP contribution is -2.31. The van der Waals surface area contributed by atoms with Gasteiger partial charge >= 0.3 is 0 Å². The molecule has 0 unspecified atom stereocenters. The van der Waals surface area contributed by atoms with E-state index in [2.05, 4.69) is 39.5 Å². The second-order valence-corrected chi connectivity index (χ2v) is 6.51. The summed E-state index contributed by atoms with van der Waals surface area (Å²) in [7, 11) is 0. The highest BCUT2D eigenvalue weighted by Crippen LogP contribution is 2.23. The average Bonchev–Trinajstić information content (AvgIpc) is 2.72. The van der Waals surface area contributed by atoms with Crippen LogP contribution in [0.25, 0.3) is 0 Å². The zero-order valence-corrected chi connectivity index (χ0v) is 14.6. The van der Waals surface area contributed by atoms with Crippen molar-refractivity contribution in [2.24, 2.45) is 0 Å². The first-order valence-electron chi connectivity index (χ1n) is 8.89. The topological polar surface area (TPSA) is 45.2 Å². The first-order valence-corrected chi connectivity index (χ1v) is 8.89. The molecule has 0 saturated heterocycles. The zero-order valence-electron chi connectivity index (χ0n) is 14.6. The van der Waals surface area contributed by atoms with Crippen molar-refractivity contribution in [3.8, 4) is 0 Å². The quantitative estimate of drug-likeness (QED) is 0.788. The number of benzene rings is 2. The van der Waals surface area contributed by atoms with Crippen LogP contribution in [0.15, 0.2) is 72.9 Å². The Kier molecular flexibility index (Phi) is 4.65. The number of fused-ring (bicyclic) bond motifs is 1. The summed E-state index contributed by atoms with van der Waals surface area (Å²) in [5.41, 5.74) is 4.47. The summed E-state index contributed by atoms with van der Waals surface area (Å²) in [5, 5.41) is 2.98. The van der Waals surface area contributed by atoms with E-state index >= 15 is 0 Å². The molecule has 0 aliphatic carbocycles. The Balaban J connectivity index is 1.46. The van der Waals surface area contributed by atoms with E-state index in [1.807, 2.05) is 36.4 Å². The predicted molar refractivity (Wildman–Crippen MR) is 103 cm³/mol. The van der Waals surface area contributed by atoms with Crippen LogP contribution in [-0.4, -0.2) is 17.4 Å². The van der Waals surface area contributed by atoms with Crippen molar-refractivity contribution in [1.29, 1.82) is 0 Å². The lowest BCUT2D eigenvalue weighted by atomic mass is 10.00. The van der Waals surface area contributed by atoms with E-state index in [0.29, 0.717) is 12.1 Å². The maximum Gasteiger partial charge on any atom is 0.251 e. The molecule has 0 bridgehead atoms. The van der Waals surface area contributed by atoms with Crippen LogP contribution in [0, 0.1) is 0 Å². The number of anilines is 1. The van der Waals surface area contributed by atoms with E-state index in [0.717, 1.165) is 30.9 Å². The van der Waals surface area contributed by atoms with Gasteiger partial charge in [-0.1, -0.05) is 54.6 Å². The van der Waals surface area contributed by atoms with E-state index in [1.165, 1.54) is 11.1 Å². The number of nitrogens with zero attached hydrogens (tertiary/aromatic N) is 2. The fourth-order valence-electron chi connectivity index (χ4n) is 3.30. The normalized spacial score (nSPS) is 13.2. The molecule has 0 radical (unpaired) electrons. The molecular weight excluding hydrogens is 322 g/mol. The molecule has 1 N–H and O–H groups in total. The summed E-state index contributed by atoms with van der Waals surface area (Å²) in [4.78, 5) is 19.2. The second kappa shape index (κ2) is 7.40. The molecule has 26 heavy (non-hydrogen) atoms. The Labute approximate surface area is 153 Å². The minimum atomic E-state index is -0.0742. The molecule has 130 valence electrons. The van der Waals surface area contributed by atoms with Crippen LogP contribution in [0.3, 0.4) is 0 Å². The predicted octanol–water partition coefficient (Wildman–Crippen LogP) is 3.57. The molecule has 0 saturated carbocycles. The van der Waals surface area contributed by atoms with Gasteiger partial charge in [0.1, 0.15) is 5.82 Å². The highest BCUT2D eigenvalue weighted by Gasteiger charge is 2.18. The molecule has 3 aromatic rings. The average molecular weight is 343 g/mol. The van der Waals surface area contributed by atoms with Crippen molar-refractivity contribution in [2.75, 3.05) is 11.4 Å². The van der Waals surface area contributed by atoms with E-state index in [1.54, 1.807) is 12.3 Å². The maximum atomic E-state index is 12.5. The Morgan fingerprint density at radius 2 is 1.77 bits per heavy atom. The molecule has 1 amide bonds. The number of rotatable bonds is 4. The number of hydrogen-bond acceptors (Lipinski definition) is 3. The molecule has 1 aliphatic rings. The third-order valence-electron chi connectivity index (χ3n) is 4.76. The van der Waals surface area contributed by atoms with E-state index < -0.39 is 0 Å². The summed E-state index contributed by atoms with van der Waals surface area (Å²) in [6, 6.07) is 22.1. The van der Waals surface area contributed by atoms with Crippen LogP contribution in [0.4, 0.5) is 5.82 Å². The molecule has 4 heteroatoms. The van der Waals surface area contributed by atoms with Crippen molar-refractivity contribution in [2.45, 2.75) is 19.5 Å². The monoisotopic (exact) mass is 343 g/mol. The van der Waals surface area contributed by atoms with E-state index in [-0.39, 0.29) is 5.91 Å². The number of hydrogen-bond donors (Lipinski definition) is 1. The van der Waals surface area contributed by atoms with Crippen molar-refractivity contribution < 1.29 is 4.79 Å². The zero-order chi connectivity index (χ0) is 17.8. The molecule has 2 heterocycles. The summed E-state index contributed by atoms with van der Waals surface area (Å²) in [5.74, 6) is 0.779. The number of aromatic nitrogens is 1. The number of carbonyl (C=O) groups is 1. The van der Waals surface area contributed by atoms with Gasteiger partial charge in [0.05, 0.1) is 0 Å². The minimum absolute atomic E-state index is 0.0742. The van der Waals surface area contributed by atoms with Gasteiger partial charge in [0.15, 0.2) is 0 Å². The molecule has 1 aromatic heterocycles. The van der Waals surface area contributed by atoms with E-state index in [4.69, 9.17) is 0 Å². The van der Waals surface area contributed by atoms with Crippen LogP contribution >= 0.6 is 0 Å². The molecule has 2 aromatic carbocycles. The first kappa shape index (κ1) is 16.3. The van der Waals surface area contributed by atoms with Crippen LogP contribution in [0.2, 0.25) is 0 Å². The summed E-state index contributed by atoms with van der Waals surface area (Å²) in [6.45, 7) is 2.27. The number of pyridine rings is 1. The standard InChI is InChI=1S/C22H21N3O/c26-22(24-15-17-6-2-1-3-7-17)19-10-12-23-21(14-19)25-13-11-18-8-4-5-9-20(18)16-25/h1-10,12,14H,11,13,15-16H2,(H,24,26). The van der Waals surface area contributed by atoms with Crippen molar-refractivity contribution in [1.82, 2.24) is 10.3 Å². The molecule has 0 fully saturated rings. The third kappa shape index (κ3) is 3.59. The Bertz CT molecular complexity index is 908. The summed E-state index contributed by atoms with van der Waals surface area (Å²) >= 11 is 0. The largest absolute Gasteiger partial charge is 0.352 e. The molecule has 4 rings (SSSR count). The van der Waals surface area contributed by atoms with Gasteiger partial charge < -0.3 is 10.2 Å². The Morgan fingerprint density at radius 1 is 1.00 bits per heavy atom. The van der Waals surface area contributed by atoms with Crippen LogP contribution < -0.4 is 10.2 Å². The van der Waals surface area contributed by atoms with Crippen molar-refractivity contribution >= 4 is 11.7 Å². The van der Waals surface area contributed by atoms with E-state index in [9.17, 15) is 4.79 Å². The van der Waals surface area contributed by atoms with Gasteiger partial charge in [0.25, 0.3) is 5.91 Å². The lowest BCUT2D eigenvalue weighted by molar-refractivity contribution is 0.0951. The lowest BCUT2D eigenvalue weighted by Gasteiger charge is -2.29. The minimum Gasteiger partial charge on any atom is -0.352 e. The highest BCUT2D eigenvalue weighted by atomic mass is 16.1. The first-order chi connectivity index (χ1) is 12.8. The van der Waals surface area contributed by atoms with Gasteiger partial charge in [-0.2, -0.15) is 0 Å². The molecule has 0 spiro atoms. The Hall–Kier alpha value is -3.14. The van der Waals surface area contributed by atoms with Gasteiger partial charge in [0, 0.05) is 31.4 Å². The van der Waals surface area contributed by atoms with Gasteiger partial charge in [-0.05, 0) is 35.2 Å². The molecule has 0 atom stereocenters. The van der Waals surface area contributed by atoms with Crippen molar-refractivity contribution in [3.63, 3.8) is 0 Å². The molecule has 4 nitrogen and oxygen atoms in total. The maximum absolute atomic E-state index is 12.5. The summed E-state index contributed by atoms with van der Waals surface area (Å²) < 4.78 is 0. The van der Waals surface area contributed by atoms with Gasteiger partial charge in [-0.15, -0.1) is 0 Å². The van der Waals surface area contributed by atoms with Gasteiger partial charge in [0.2, 0.25) is 0 Å². The number of carbonyl (C=O) groups excluding carboxylic acids is 1. The smallest absolute Gasteiger partial charge is 0.251 e. The fraction of sp³-hybridized carbons (Fsp3) is 0.182. The summed E-state index contributed by atoms with van der Waals surface area (Å²) in [6.07, 6.45) is 2.72.